The van der Waals surface area contributed by atoms with Crippen molar-refractivity contribution < 1.29 is 9.53 Å². The summed E-state index contributed by atoms with van der Waals surface area (Å²) in [5, 5.41) is 4.16. The van der Waals surface area contributed by atoms with Gasteiger partial charge in [0.2, 0.25) is 0 Å². The molecule has 0 fully saturated rings. The third-order valence-corrected chi connectivity index (χ3v) is 2.29. The van der Waals surface area contributed by atoms with Crippen LogP contribution in [0.25, 0.3) is 0 Å². The van der Waals surface area contributed by atoms with E-state index in [0.29, 0.717) is 13.0 Å². The van der Waals surface area contributed by atoms with Crippen LogP contribution in [-0.4, -0.2) is 27.8 Å². The highest BCUT2D eigenvalue weighted by Gasteiger charge is 2.27. The van der Waals surface area contributed by atoms with Gasteiger partial charge in [-0.2, -0.15) is 5.10 Å². The van der Waals surface area contributed by atoms with Crippen LogP contribution in [0.3, 0.4) is 0 Å². The summed E-state index contributed by atoms with van der Waals surface area (Å²) < 4.78 is 7.08. The van der Waals surface area contributed by atoms with E-state index in [0.717, 1.165) is 5.69 Å². The molecule has 4 nitrogen and oxygen atoms in total. The lowest BCUT2D eigenvalue weighted by Gasteiger charge is -2.22. The lowest BCUT2D eigenvalue weighted by atomic mass is 9.99. The highest BCUT2D eigenvalue weighted by atomic mass is 16.5. The van der Waals surface area contributed by atoms with Crippen molar-refractivity contribution in [3.63, 3.8) is 0 Å². The Balaban J connectivity index is 2.63. The van der Waals surface area contributed by atoms with Crippen molar-refractivity contribution >= 4 is 5.78 Å². The van der Waals surface area contributed by atoms with E-state index in [2.05, 4.69) is 5.10 Å². The zero-order valence-corrected chi connectivity index (χ0v) is 9.78. The van der Waals surface area contributed by atoms with Crippen LogP contribution in [0.5, 0.6) is 0 Å². The lowest BCUT2D eigenvalue weighted by Crippen LogP contribution is -2.36. The monoisotopic (exact) mass is 210 g/mol. The maximum atomic E-state index is 11.9. The minimum absolute atomic E-state index is 0.0584. The molecule has 15 heavy (non-hydrogen) atoms. The van der Waals surface area contributed by atoms with Gasteiger partial charge in [-0.05, 0) is 26.8 Å². The van der Waals surface area contributed by atoms with E-state index in [-0.39, 0.29) is 5.78 Å². The summed E-state index contributed by atoms with van der Waals surface area (Å²) in [5.41, 5.74) is 0.0713. The van der Waals surface area contributed by atoms with Gasteiger partial charge in [-0.25, -0.2) is 0 Å². The standard InChI is InChI=1S/C11H18N2O2/c1-5-15-11(2,3)10(14)8-9-6-7-13(4)12-9/h6-7H,5,8H2,1-4H3. The van der Waals surface area contributed by atoms with Crippen molar-refractivity contribution in [2.45, 2.75) is 32.8 Å². The van der Waals surface area contributed by atoms with E-state index in [1.807, 2.05) is 26.2 Å². The molecule has 0 aliphatic carbocycles. The Kier molecular flexibility index (Phi) is 3.63. The van der Waals surface area contributed by atoms with Gasteiger partial charge in [0, 0.05) is 19.9 Å². The van der Waals surface area contributed by atoms with Gasteiger partial charge in [-0.15, -0.1) is 0 Å². The van der Waals surface area contributed by atoms with Crippen molar-refractivity contribution in [3.05, 3.63) is 18.0 Å². The second kappa shape index (κ2) is 4.57. The number of ketones is 1. The smallest absolute Gasteiger partial charge is 0.170 e. The fourth-order valence-corrected chi connectivity index (χ4v) is 1.38. The van der Waals surface area contributed by atoms with Gasteiger partial charge >= 0.3 is 0 Å². The second-order valence-corrected chi connectivity index (χ2v) is 4.02. The molecule has 0 aromatic carbocycles. The predicted octanol–water partition coefficient (Wildman–Crippen LogP) is 1.35. The quantitative estimate of drug-likeness (QED) is 0.736. The molecule has 0 bridgehead atoms. The molecule has 1 aromatic rings. The summed E-state index contributed by atoms with van der Waals surface area (Å²) in [6.45, 7) is 6.01. The SMILES string of the molecule is CCOC(C)(C)C(=O)Cc1ccn(C)n1. The summed E-state index contributed by atoms with van der Waals surface area (Å²) in [7, 11) is 1.83. The summed E-state index contributed by atoms with van der Waals surface area (Å²) in [4.78, 5) is 11.9. The van der Waals surface area contributed by atoms with Crippen molar-refractivity contribution in [1.29, 1.82) is 0 Å². The first kappa shape index (κ1) is 11.9. The maximum absolute atomic E-state index is 11.9. The molecule has 0 aliphatic rings. The van der Waals surface area contributed by atoms with Crippen LogP contribution >= 0.6 is 0 Å². The highest BCUT2D eigenvalue weighted by Crippen LogP contribution is 2.13. The van der Waals surface area contributed by atoms with Crippen LogP contribution < -0.4 is 0 Å². The molecule has 0 radical (unpaired) electrons. The predicted molar refractivity (Wildman–Crippen MR) is 57.6 cm³/mol. The Labute approximate surface area is 90.2 Å². The molecule has 0 aliphatic heterocycles. The molecule has 84 valence electrons. The number of aromatic nitrogens is 2. The van der Waals surface area contributed by atoms with Gasteiger partial charge in [-0.3, -0.25) is 9.48 Å². The molecule has 4 heteroatoms. The van der Waals surface area contributed by atoms with Gasteiger partial charge < -0.3 is 4.74 Å². The molecule has 0 saturated heterocycles. The first-order valence-corrected chi connectivity index (χ1v) is 5.11. The molecular formula is C11H18N2O2. The molecule has 0 saturated carbocycles. The van der Waals surface area contributed by atoms with E-state index >= 15 is 0 Å². The molecule has 0 N–H and O–H groups in total. The van der Waals surface area contributed by atoms with Crippen molar-refractivity contribution in [1.82, 2.24) is 9.78 Å². The molecular weight excluding hydrogens is 192 g/mol. The first-order chi connectivity index (χ1) is 6.95. The van der Waals surface area contributed by atoms with Crippen molar-refractivity contribution in [2.75, 3.05) is 6.61 Å². The number of hydrogen-bond donors (Lipinski definition) is 0. The molecule has 1 heterocycles. The molecule has 0 amide bonds. The molecule has 0 spiro atoms. The van der Waals surface area contributed by atoms with E-state index < -0.39 is 5.60 Å². The lowest BCUT2D eigenvalue weighted by molar-refractivity contribution is -0.139. The Morgan fingerprint density at radius 1 is 1.60 bits per heavy atom. The second-order valence-electron chi connectivity index (χ2n) is 4.02. The van der Waals surface area contributed by atoms with Gasteiger partial charge in [0.1, 0.15) is 5.60 Å². The summed E-state index contributed by atoms with van der Waals surface area (Å²) in [5.74, 6) is 0.0584. The number of Topliss-reactive ketones (excluding diaryl/α,β-unsaturated/α-hetero) is 1. The highest BCUT2D eigenvalue weighted by molar-refractivity contribution is 5.88. The number of nitrogens with zero attached hydrogens (tertiary/aromatic N) is 2. The summed E-state index contributed by atoms with van der Waals surface area (Å²) in [6.07, 6.45) is 2.16. The number of carbonyl (C=O) groups is 1. The van der Waals surface area contributed by atoms with Crippen LogP contribution in [0.4, 0.5) is 0 Å². The third kappa shape index (κ3) is 3.16. The summed E-state index contributed by atoms with van der Waals surface area (Å²) in [6, 6.07) is 1.85. The number of hydrogen-bond acceptors (Lipinski definition) is 3. The van der Waals surface area contributed by atoms with Crippen molar-refractivity contribution in [3.8, 4) is 0 Å². The number of rotatable bonds is 5. The molecule has 1 rings (SSSR count). The van der Waals surface area contributed by atoms with Crippen LogP contribution in [0, 0.1) is 0 Å². The third-order valence-electron chi connectivity index (χ3n) is 2.29. The number of aryl methyl sites for hydroxylation is 1. The Bertz CT molecular complexity index is 342. The minimum Gasteiger partial charge on any atom is -0.368 e. The normalized spacial score (nSPS) is 11.7. The van der Waals surface area contributed by atoms with E-state index in [1.54, 1.807) is 18.5 Å². The van der Waals surface area contributed by atoms with Gasteiger partial charge in [0.15, 0.2) is 5.78 Å². The van der Waals surface area contributed by atoms with Crippen LogP contribution in [0.2, 0.25) is 0 Å². The van der Waals surface area contributed by atoms with E-state index in [9.17, 15) is 4.79 Å². The minimum atomic E-state index is -0.716. The Morgan fingerprint density at radius 3 is 2.73 bits per heavy atom. The zero-order chi connectivity index (χ0) is 11.5. The van der Waals surface area contributed by atoms with Crippen LogP contribution in [-0.2, 0) is 23.0 Å². The Hall–Kier alpha value is -1.16. The van der Waals surface area contributed by atoms with E-state index in [4.69, 9.17) is 4.74 Å². The fourth-order valence-electron chi connectivity index (χ4n) is 1.38. The zero-order valence-electron chi connectivity index (χ0n) is 9.78. The first-order valence-electron chi connectivity index (χ1n) is 5.11. The molecule has 1 aromatic heterocycles. The Morgan fingerprint density at radius 2 is 2.27 bits per heavy atom. The fraction of sp³-hybridized carbons (Fsp3) is 0.636. The topological polar surface area (TPSA) is 44.1 Å². The summed E-state index contributed by atoms with van der Waals surface area (Å²) >= 11 is 0. The number of ether oxygens (including phenoxy) is 1. The van der Waals surface area contributed by atoms with Gasteiger partial charge in [0.05, 0.1) is 12.1 Å². The van der Waals surface area contributed by atoms with Crippen molar-refractivity contribution in [2.24, 2.45) is 7.05 Å². The number of carbonyl (C=O) groups excluding carboxylic acids is 1. The molecule has 0 atom stereocenters. The average Bonchev–Trinajstić information content (AvgIpc) is 2.51. The van der Waals surface area contributed by atoms with Gasteiger partial charge in [-0.1, -0.05) is 0 Å². The average molecular weight is 210 g/mol. The largest absolute Gasteiger partial charge is 0.368 e. The van der Waals surface area contributed by atoms with Gasteiger partial charge in [0.25, 0.3) is 0 Å². The van der Waals surface area contributed by atoms with Crippen LogP contribution in [0.1, 0.15) is 26.5 Å². The molecule has 0 unspecified atom stereocenters. The van der Waals surface area contributed by atoms with E-state index in [1.165, 1.54) is 0 Å². The van der Waals surface area contributed by atoms with Crippen LogP contribution in [0.15, 0.2) is 12.3 Å². The maximum Gasteiger partial charge on any atom is 0.170 e.